The largest absolute Gasteiger partial charge is 0.469 e. The maximum absolute atomic E-state index is 13.1. The van der Waals surface area contributed by atoms with Gasteiger partial charge in [0.25, 0.3) is 0 Å². The molecule has 1 heterocycles. The molecule has 1 aromatic rings. The fourth-order valence-corrected chi connectivity index (χ4v) is 5.73. The molecule has 1 fully saturated rings. The van der Waals surface area contributed by atoms with Crippen molar-refractivity contribution in [3.63, 3.8) is 0 Å². The smallest absolute Gasteiger partial charge is 0.305 e. The number of hydrogen-bond acceptors (Lipinski definition) is 4. The number of rotatable bonds is 6. The Labute approximate surface area is 149 Å². The summed E-state index contributed by atoms with van der Waals surface area (Å²) in [7, 11) is -2.28. The molecule has 1 aromatic carbocycles. The topological polar surface area (TPSA) is 63.7 Å². The third-order valence-corrected chi connectivity index (χ3v) is 7.03. The number of nitrogens with zero attached hydrogens (tertiary/aromatic N) is 1. The van der Waals surface area contributed by atoms with Gasteiger partial charge in [0.1, 0.15) is 4.90 Å². The molecule has 1 saturated heterocycles. The summed E-state index contributed by atoms with van der Waals surface area (Å²) >= 11 is 6.18. The number of piperidine rings is 1. The average Bonchev–Trinajstić information content (AvgIpc) is 2.54. The molecule has 1 aliphatic heterocycles. The van der Waals surface area contributed by atoms with Gasteiger partial charge in [0.05, 0.1) is 12.1 Å². The third kappa shape index (κ3) is 4.29. The molecule has 0 bridgehead atoms. The van der Waals surface area contributed by atoms with Crippen molar-refractivity contribution >= 4 is 27.6 Å². The van der Waals surface area contributed by atoms with Crippen molar-refractivity contribution < 1.29 is 17.9 Å². The van der Waals surface area contributed by atoms with Gasteiger partial charge in [0.2, 0.25) is 10.0 Å². The van der Waals surface area contributed by atoms with Crippen LogP contribution in [-0.4, -0.2) is 38.4 Å². The highest BCUT2D eigenvalue weighted by Gasteiger charge is 2.35. The lowest BCUT2D eigenvalue weighted by molar-refractivity contribution is -0.140. The molecule has 0 saturated carbocycles. The van der Waals surface area contributed by atoms with Crippen molar-refractivity contribution in [1.29, 1.82) is 0 Å². The van der Waals surface area contributed by atoms with Gasteiger partial charge in [-0.1, -0.05) is 30.2 Å². The van der Waals surface area contributed by atoms with E-state index in [1.54, 1.807) is 29.4 Å². The van der Waals surface area contributed by atoms with Crippen LogP contribution in [0.2, 0.25) is 5.02 Å². The molecule has 7 heteroatoms. The number of carbonyl (C=O) groups excluding carboxylic acids is 1. The SMILES string of the molecule is COC(=O)CCCC1CCCCN1S(=O)(=O)c1c(C)cccc1Cl. The van der Waals surface area contributed by atoms with E-state index in [1.807, 2.05) is 0 Å². The first kappa shape index (κ1) is 19.2. The number of ether oxygens (including phenoxy) is 1. The van der Waals surface area contributed by atoms with E-state index in [0.717, 1.165) is 19.3 Å². The van der Waals surface area contributed by atoms with Crippen LogP contribution in [-0.2, 0) is 19.6 Å². The molecule has 0 amide bonds. The Morgan fingerprint density at radius 2 is 2.12 bits per heavy atom. The number of sulfonamides is 1. The van der Waals surface area contributed by atoms with Crippen molar-refractivity contribution in [1.82, 2.24) is 4.31 Å². The van der Waals surface area contributed by atoms with Gasteiger partial charge in [-0.2, -0.15) is 4.31 Å². The minimum Gasteiger partial charge on any atom is -0.469 e. The van der Waals surface area contributed by atoms with Crippen LogP contribution < -0.4 is 0 Å². The summed E-state index contributed by atoms with van der Waals surface area (Å²) < 4.78 is 32.5. The normalized spacial score (nSPS) is 19.2. The molecule has 0 N–H and O–H groups in total. The molecule has 0 aromatic heterocycles. The summed E-state index contributed by atoms with van der Waals surface area (Å²) in [5, 5.41) is 0.258. The summed E-state index contributed by atoms with van der Waals surface area (Å²) in [5.74, 6) is -0.262. The first-order valence-electron chi connectivity index (χ1n) is 8.21. The van der Waals surface area contributed by atoms with Crippen LogP contribution in [0, 0.1) is 6.92 Å². The lowest BCUT2D eigenvalue weighted by Crippen LogP contribution is -2.44. The molecule has 0 spiro atoms. The van der Waals surface area contributed by atoms with Gasteiger partial charge in [-0.05, 0) is 44.2 Å². The molecule has 1 aliphatic rings. The van der Waals surface area contributed by atoms with Gasteiger partial charge >= 0.3 is 5.97 Å². The molecule has 1 unspecified atom stereocenters. The Bertz CT molecular complexity index is 670. The van der Waals surface area contributed by atoms with E-state index >= 15 is 0 Å². The first-order chi connectivity index (χ1) is 11.4. The summed E-state index contributed by atoms with van der Waals surface area (Å²) in [4.78, 5) is 11.5. The van der Waals surface area contributed by atoms with E-state index < -0.39 is 10.0 Å². The zero-order chi connectivity index (χ0) is 17.7. The predicted molar refractivity (Wildman–Crippen MR) is 93.6 cm³/mol. The monoisotopic (exact) mass is 373 g/mol. The summed E-state index contributed by atoms with van der Waals surface area (Å²) in [5.41, 5.74) is 0.654. The van der Waals surface area contributed by atoms with E-state index in [2.05, 4.69) is 4.74 Å². The lowest BCUT2D eigenvalue weighted by atomic mass is 10.00. The van der Waals surface area contributed by atoms with Gasteiger partial charge in [-0.15, -0.1) is 0 Å². The van der Waals surface area contributed by atoms with Crippen molar-refractivity contribution in [3.8, 4) is 0 Å². The van der Waals surface area contributed by atoms with Gasteiger partial charge in [0, 0.05) is 19.0 Å². The molecule has 2 rings (SSSR count). The number of benzene rings is 1. The zero-order valence-electron chi connectivity index (χ0n) is 14.1. The van der Waals surface area contributed by atoms with E-state index in [4.69, 9.17) is 11.6 Å². The molecular formula is C17H24ClNO4S. The zero-order valence-corrected chi connectivity index (χ0v) is 15.7. The van der Waals surface area contributed by atoms with E-state index in [-0.39, 0.29) is 21.9 Å². The highest BCUT2D eigenvalue weighted by atomic mass is 35.5. The van der Waals surface area contributed by atoms with Crippen molar-refractivity contribution in [2.45, 2.75) is 56.4 Å². The minimum atomic E-state index is -3.64. The molecule has 0 radical (unpaired) electrons. The van der Waals surface area contributed by atoms with Crippen molar-refractivity contribution in [2.75, 3.05) is 13.7 Å². The fraction of sp³-hybridized carbons (Fsp3) is 0.588. The number of esters is 1. The van der Waals surface area contributed by atoms with Crippen molar-refractivity contribution in [3.05, 3.63) is 28.8 Å². The van der Waals surface area contributed by atoms with E-state index in [1.165, 1.54) is 7.11 Å². The second-order valence-electron chi connectivity index (χ2n) is 6.12. The van der Waals surface area contributed by atoms with Gasteiger partial charge in [-0.3, -0.25) is 4.79 Å². The highest BCUT2D eigenvalue weighted by molar-refractivity contribution is 7.89. The van der Waals surface area contributed by atoms with Crippen LogP contribution >= 0.6 is 11.6 Å². The maximum atomic E-state index is 13.1. The van der Waals surface area contributed by atoms with Crippen LogP contribution in [0.4, 0.5) is 0 Å². The summed E-state index contributed by atoms with van der Waals surface area (Å²) in [6.45, 7) is 2.25. The van der Waals surface area contributed by atoms with Gasteiger partial charge < -0.3 is 4.74 Å². The average molecular weight is 374 g/mol. The van der Waals surface area contributed by atoms with Crippen LogP contribution in [0.5, 0.6) is 0 Å². The Balaban J connectivity index is 2.21. The Morgan fingerprint density at radius 1 is 1.38 bits per heavy atom. The third-order valence-electron chi connectivity index (χ3n) is 4.45. The standard InChI is InChI=1S/C17H24ClNO4S/c1-13-7-5-10-15(18)17(13)24(21,22)19-12-4-3-8-14(19)9-6-11-16(20)23-2/h5,7,10,14H,3-4,6,8-9,11-12H2,1-2H3. The Morgan fingerprint density at radius 3 is 2.79 bits per heavy atom. The van der Waals surface area contributed by atoms with Crippen LogP contribution in [0.25, 0.3) is 0 Å². The number of aryl methyl sites for hydroxylation is 1. The van der Waals surface area contributed by atoms with Crippen molar-refractivity contribution in [2.24, 2.45) is 0 Å². The minimum absolute atomic E-state index is 0.0934. The quantitative estimate of drug-likeness (QED) is 0.715. The van der Waals surface area contributed by atoms with Crippen LogP contribution in [0.1, 0.15) is 44.1 Å². The number of halogens is 1. The fourth-order valence-electron chi connectivity index (χ4n) is 3.22. The molecule has 0 aliphatic carbocycles. The Hall–Kier alpha value is -1.11. The second kappa shape index (κ2) is 8.32. The van der Waals surface area contributed by atoms with Gasteiger partial charge in [-0.25, -0.2) is 8.42 Å². The number of hydrogen-bond donors (Lipinski definition) is 0. The molecule has 24 heavy (non-hydrogen) atoms. The molecule has 1 atom stereocenters. The Kier molecular flexibility index (Phi) is 6.66. The van der Waals surface area contributed by atoms with Crippen LogP contribution in [0.15, 0.2) is 23.1 Å². The summed E-state index contributed by atoms with van der Waals surface area (Å²) in [6, 6.07) is 5.02. The second-order valence-corrected chi connectivity index (χ2v) is 8.35. The molecular weight excluding hydrogens is 350 g/mol. The van der Waals surface area contributed by atoms with E-state index in [0.29, 0.717) is 31.4 Å². The first-order valence-corrected chi connectivity index (χ1v) is 10.0. The summed E-state index contributed by atoms with van der Waals surface area (Å²) in [6.07, 6.45) is 4.23. The maximum Gasteiger partial charge on any atom is 0.305 e. The van der Waals surface area contributed by atoms with E-state index in [9.17, 15) is 13.2 Å². The van der Waals surface area contributed by atoms with Crippen LogP contribution in [0.3, 0.4) is 0 Å². The van der Waals surface area contributed by atoms with Gasteiger partial charge in [0.15, 0.2) is 0 Å². The lowest BCUT2D eigenvalue weighted by Gasteiger charge is -2.35. The molecule has 5 nitrogen and oxygen atoms in total. The number of carbonyl (C=O) groups is 1. The predicted octanol–water partition coefficient (Wildman–Crippen LogP) is 3.53. The molecule has 134 valence electrons. The number of methoxy groups -OCH3 is 1. The highest BCUT2D eigenvalue weighted by Crippen LogP contribution is 2.33.